The lowest BCUT2D eigenvalue weighted by Gasteiger charge is -2.12. The molecule has 0 aliphatic carbocycles. The van der Waals surface area contributed by atoms with Gasteiger partial charge in [-0.25, -0.2) is 4.79 Å². The lowest BCUT2D eigenvalue weighted by Crippen LogP contribution is -2.29. The maximum absolute atomic E-state index is 11.8. The molecule has 21 heavy (non-hydrogen) atoms. The second-order valence-corrected chi connectivity index (χ2v) is 5.32. The number of carbonyl (C=O) groups excluding carboxylic acids is 1. The molecule has 0 saturated heterocycles. The summed E-state index contributed by atoms with van der Waals surface area (Å²) in [6.45, 7) is 5.05. The number of thiocarbonyl (C=S) groups is 1. The molecule has 0 amide bonds. The third-order valence-electron chi connectivity index (χ3n) is 2.79. The quantitative estimate of drug-likeness (QED) is 0.450. The Morgan fingerprint density at radius 1 is 1.33 bits per heavy atom. The number of ether oxygens (including phenoxy) is 1. The van der Waals surface area contributed by atoms with Crippen LogP contribution in [-0.4, -0.2) is 24.2 Å². The van der Waals surface area contributed by atoms with Crippen LogP contribution < -0.4 is 10.6 Å². The van der Waals surface area contributed by atoms with Crippen LogP contribution >= 0.6 is 23.8 Å². The van der Waals surface area contributed by atoms with E-state index in [4.69, 9.17) is 28.6 Å². The number of carbonyl (C=O) groups is 1. The average molecular weight is 329 g/mol. The Bertz CT molecular complexity index is 495. The van der Waals surface area contributed by atoms with Gasteiger partial charge < -0.3 is 15.4 Å². The van der Waals surface area contributed by atoms with E-state index in [0.717, 1.165) is 13.0 Å². The number of unbranched alkanes of at least 4 members (excludes halogenated alkanes) is 2. The Hall–Kier alpha value is -1.33. The molecule has 0 aromatic heterocycles. The predicted octanol–water partition coefficient (Wildman–Crippen LogP) is 3.99. The van der Waals surface area contributed by atoms with E-state index in [1.54, 1.807) is 25.1 Å². The van der Waals surface area contributed by atoms with Crippen molar-refractivity contribution in [1.29, 1.82) is 0 Å². The molecule has 0 bridgehead atoms. The van der Waals surface area contributed by atoms with Crippen molar-refractivity contribution < 1.29 is 9.53 Å². The Morgan fingerprint density at radius 2 is 2.10 bits per heavy atom. The second kappa shape index (κ2) is 9.58. The van der Waals surface area contributed by atoms with Gasteiger partial charge in [0.15, 0.2) is 5.11 Å². The molecular weight excluding hydrogens is 308 g/mol. The van der Waals surface area contributed by atoms with Crippen LogP contribution in [0.4, 0.5) is 5.69 Å². The summed E-state index contributed by atoms with van der Waals surface area (Å²) in [5.74, 6) is -0.437. The summed E-state index contributed by atoms with van der Waals surface area (Å²) in [5, 5.41) is 7.06. The molecule has 1 aromatic carbocycles. The van der Waals surface area contributed by atoms with Crippen molar-refractivity contribution in [3.63, 3.8) is 0 Å². The molecule has 2 N–H and O–H groups in total. The molecular formula is C15H21ClN2O2S. The summed E-state index contributed by atoms with van der Waals surface area (Å²) in [6, 6.07) is 5.06. The van der Waals surface area contributed by atoms with Crippen LogP contribution in [-0.2, 0) is 4.74 Å². The number of esters is 1. The van der Waals surface area contributed by atoms with Gasteiger partial charge >= 0.3 is 5.97 Å². The average Bonchev–Trinajstić information content (AvgIpc) is 2.46. The van der Waals surface area contributed by atoms with Crippen molar-refractivity contribution in [3.05, 3.63) is 28.8 Å². The van der Waals surface area contributed by atoms with Crippen LogP contribution in [0.15, 0.2) is 18.2 Å². The second-order valence-electron chi connectivity index (χ2n) is 4.50. The molecule has 1 rings (SSSR count). The summed E-state index contributed by atoms with van der Waals surface area (Å²) in [5.41, 5.74) is 1.03. The lowest BCUT2D eigenvalue weighted by molar-refractivity contribution is 0.0526. The minimum absolute atomic E-state index is 0.310. The van der Waals surface area contributed by atoms with Crippen molar-refractivity contribution in [2.45, 2.75) is 33.1 Å². The predicted molar refractivity (Wildman–Crippen MR) is 91.2 cm³/mol. The highest BCUT2D eigenvalue weighted by atomic mass is 35.5. The van der Waals surface area contributed by atoms with Gasteiger partial charge in [0.05, 0.1) is 17.2 Å². The van der Waals surface area contributed by atoms with Crippen molar-refractivity contribution in [2.75, 3.05) is 18.5 Å². The molecule has 116 valence electrons. The van der Waals surface area contributed by atoms with Crippen LogP contribution in [0.25, 0.3) is 0 Å². The van der Waals surface area contributed by atoms with Crippen molar-refractivity contribution in [1.82, 2.24) is 5.32 Å². The van der Waals surface area contributed by atoms with Gasteiger partial charge in [-0.3, -0.25) is 0 Å². The highest BCUT2D eigenvalue weighted by Gasteiger charge is 2.12. The molecule has 4 nitrogen and oxygen atoms in total. The maximum Gasteiger partial charge on any atom is 0.339 e. The van der Waals surface area contributed by atoms with Crippen LogP contribution in [0.5, 0.6) is 0 Å². The summed E-state index contributed by atoms with van der Waals surface area (Å²) in [7, 11) is 0. The van der Waals surface area contributed by atoms with Gasteiger partial charge in [-0.1, -0.05) is 31.4 Å². The van der Waals surface area contributed by atoms with Crippen LogP contribution in [0.2, 0.25) is 5.02 Å². The third kappa shape index (κ3) is 6.31. The minimum Gasteiger partial charge on any atom is -0.462 e. The number of hydrogen-bond donors (Lipinski definition) is 2. The molecule has 0 atom stereocenters. The van der Waals surface area contributed by atoms with E-state index in [1.807, 2.05) is 0 Å². The Morgan fingerprint density at radius 3 is 2.76 bits per heavy atom. The topological polar surface area (TPSA) is 50.4 Å². The molecule has 0 fully saturated rings. The molecule has 6 heteroatoms. The first-order valence-corrected chi connectivity index (χ1v) is 7.88. The highest BCUT2D eigenvalue weighted by molar-refractivity contribution is 7.80. The number of anilines is 1. The van der Waals surface area contributed by atoms with E-state index in [0.29, 0.717) is 28.0 Å². The van der Waals surface area contributed by atoms with Crippen LogP contribution in [0.3, 0.4) is 0 Å². The van der Waals surface area contributed by atoms with E-state index < -0.39 is 5.97 Å². The fourth-order valence-electron chi connectivity index (χ4n) is 1.72. The SMILES string of the molecule is CCCCCNC(=S)Nc1ccc(Cl)c(C(=O)OCC)c1. The van der Waals surface area contributed by atoms with Crippen LogP contribution in [0.1, 0.15) is 43.5 Å². The van der Waals surface area contributed by atoms with Gasteiger partial charge in [0.2, 0.25) is 0 Å². The zero-order valence-corrected chi connectivity index (χ0v) is 13.9. The van der Waals surface area contributed by atoms with E-state index >= 15 is 0 Å². The Labute approximate surface area is 136 Å². The zero-order valence-electron chi connectivity index (χ0n) is 12.4. The first-order valence-electron chi connectivity index (χ1n) is 7.10. The highest BCUT2D eigenvalue weighted by Crippen LogP contribution is 2.21. The summed E-state index contributed by atoms with van der Waals surface area (Å²) < 4.78 is 4.96. The minimum atomic E-state index is -0.437. The first-order chi connectivity index (χ1) is 10.1. The van der Waals surface area contributed by atoms with Crippen LogP contribution in [0, 0.1) is 0 Å². The largest absolute Gasteiger partial charge is 0.462 e. The van der Waals surface area contributed by atoms with E-state index in [-0.39, 0.29) is 0 Å². The zero-order chi connectivity index (χ0) is 15.7. The number of hydrogen-bond acceptors (Lipinski definition) is 3. The van der Waals surface area contributed by atoms with Crippen molar-refractivity contribution in [3.8, 4) is 0 Å². The summed E-state index contributed by atoms with van der Waals surface area (Å²) in [4.78, 5) is 11.8. The molecule has 0 aliphatic rings. The van der Waals surface area contributed by atoms with Crippen molar-refractivity contribution in [2.24, 2.45) is 0 Å². The van der Waals surface area contributed by atoms with Gasteiger partial charge in [-0.05, 0) is 43.8 Å². The summed E-state index contributed by atoms with van der Waals surface area (Å²) >= 11 is 11.2. The van der Waals surface area contributed by atoms with E-state index in [2.05, 4.69) is 17.6 Å². The summed E-state index contributed by atoms with van der Waals surface area (Å²) in [6.07, 6.45) is 3.42. The smallest absolute Gasteiger partial charge is 0.339 e. The maximum atomic E-state index is 11.8. The molecule has 0 saturated carbocycles. The van der Waals surface area contributed by atoms with E-state index in [9.17, 15) is 4.79 Å². The first kappa shape index (κ1) is 17.7. The Kier molecular flexibility index (Phi) is 8.08. The van der Waals surface area contributed by atoms with Gasteiger partial charge in [-0.2, -0.15) is 0 Å². The monoisotopic (exact) mass is 328 g/mol. The number of benzene rings is 1. The van der Waals surface area contributed by atoms with Gasteiger partial charge in [0, 0.05) is 12.2 Å². The number of nitrogens with one attached hydrogen (secondary N) is 2. The fraction of sp³-hybridized carbons (Fsp3) is 0.467. The molecule has 0 unspecified atom stereocenters. The fourth-order valence-corrected chi connectivity index (χ4v) is 2.14. The molecule has 0 radical (unpaired) electrons. The van der Waals surface area contributed by atoms with Gasteiger partial charge in [0.25, 0.3) is 0 Å². The van der Waals surface area contributed by atoms with E-state index in [1.165, 1.54) is 12.8 Å². The normalized spacial score (nSPS) is 10.0. The molecule has 0 heterocycles. The number of rotatable bonds is 7. The third-order valence-corrected chi connectivity index (χ3v) is 3.36. The van der Waals surface area contributed by atoms with Crippen molar-refractivity contribution >= 4 is 40.6 Å². The Balaban J connectivity index is 2.61. The number of halogens is 1. The van der Waals surface area contributed by atoms with Gasteiger partial charge in [-0.15, -0.1) is 0 Å². The molecule has 0 aliphatic heterocycles. The standard InChI is InChI=1S/C15H21ClN2O2S/c1-3-5-6-9-17-15(21)18-11-7-8-13(16)12(10-11)14(19)20-4-2/h7-8,10H,3-6,9H2,1-2H3,(H2,17,18,21). The lowest BCUT2D eigenvalue weighted by atomic mass is 10.2. The molecule has 0 spiro atoms. The van der Waals surface area contributed by atoms with Gasteiger partial charge in [0.1, 0.15) is 0 Å². The molecule has 1 aromatic rings.